The van der Waals surface area contributed by atoms with Crippen LogP contribution < -0.4 is 9.64 Å². The molecule has 0 aromatic carbocycles. The summed E-state index contributed by atoms with van der Waals surface area (Å²) < 4.78 is 5.03. The SMILES string of the molecule is COc1ccc([N+](=O)[O-])c(N(CCO)Cc2ccc(Cl)nc2)n1. The van der Waals surface area contributed by atoms with Gasteiger partial charge in [-0.3, -0.25) is 10.1 Å². The van der Waals surface area contributed by atoms with Crippen LogP contribution in [0, 0.1) is 10.1 Å². The Morgan fingerprint density at radius 2 is 2.17 bits per heavy atom. The highest BCUT2D eigenvalue weighted by Crippen LogP contribution is 2.29. The topological polar surface area (TPSA) is 102 Å². The van der Waals surface area contributed by atoms with Crippen molar-refractivity contribution in [3.05, 3.63) is 51.3 Å². The zero-order valence-electron chi connectivity index (χ0n) is 12.3. The van der Waals surface area contributed by atoms with Gasteiger partial charge in [-0.05, 0) is 11.6 Å². The summed E-state index contributed by atoms with van der Waals surface area (Å²) in [5, 5.41) is 20.9. The van der Waals surface area contributed by atoms with Gasteiger partial charge in [-0.15, -0.1) is 0 Å². The Hall–Kier alpha value is -2.45. The van der Waals surface area contributed by atoms with Crippen molar-refractivity contribution in [1.82, 2.24) is 9.97 Å². The maximum absolute atomic E-state index is 11.2. The first-order valence-electron chi connectivity index (χ1n) is 6.71. The predicted molar refractivity (Wildman–Crippen MR) is 84.8 cm³/mol. The smallest absolute Gasteiger partial charge is 0.311 e. The fourth-order valence-corrected chi connectivity index (χ4v) is 2.13. The lowest BCUT2D eigenvalue weighted by Gasteiger charge is -2.22. The van der Waals surface area contributed by atoms with Gasteiger partial charge in [0.15, 0.2) is 0 Å². The molecule has 0 atom stereocenters. The van der Waals surface area contributed by atoms with E-state index in [0.29, 0.717) is 5.15 Å². The second-order valence-corrected chi connectivity index (χ2v) is 4.98. The summed E-state index contributed by atoms with van der Waals surface area (Å²) in [6.07, 6.45) is 1.57. The van der Waals surface area contributed by atoms with Gasteiger partial charge in [-0.25, -0.2) is 4.98 Å². The van der Waals surface area contributed by atoms with E-state index in [9.17, 15) is 15.2 Å². The molecule has 0 spiro atoms. The Bertz CT molecular complexity index is 681. The van der Waals surface area contributed by atoms with E-state index in [4.69, 9.17) is 16.3 Å². The minimum Gasteiger partial charge on any atom is -0.481 e. The van der Waals surface area contributed by atoms with Crippen molar-refractivity contribution < 1.29 is 14.8 Å². The van der Waals surface area contributed by atoms with Gasteiger partial charge in [0.2, 0.25) is 11.7 Å². The first kappa shape index (κ1) is 16.9. The van der Waals surface area contributed by atoms with E-state index < -0.39 is 4.92 Å². The number of nitrogens with zero attached hydrogens (tertiary/aromatic N) is 4. The van der Waals surface area contributed by atoms with Crippen molar-refractivity contribution in [2.45, 2.75) is 6.54 Å². The number of anilines is 1. The average molecular weight is 339 g/mol. The number of pyridine rings is 2. The van der Waals surface area contributed by atoms with Crippen LogP contribution in [0.4, 0.5) is 11.5 Å². The third kappa shape index (κ3) is 4.27. The van der Waals surface area contributed by atoms with Crippen molar-refractivity contribution in [3.8, 4) is 5.88 Å². The normalized spacial score (nSPS) is 10.4. The summed E-state index contributed by atoms with van der Waals surface area (Å²) in [7, 11) is 1.43. The number of aliphatic hydroxyl groups excluding tert-OH is 1. The molecule has 9 heteroatoms. The molecule has 122 valence electrons. The van der Waals surface area contributed by atoms with E-state index in [0.717, 1.165) is 5.56 Å². The number of aliphatic hydroxyl groups is 1. The van der Waals surface area contributed by atoms with E-state index in [1.54, 1.807) is 23.2 Å². The highest BCUT2D eigenvalue weighted by atomic mass is 35.5. The lowest BCUT2D eigenvalue weighted by molar-refractivity contribution is -0.384. The maximum Gasteiger partial charge on any atom is 0.311 e. The Kier molecular flexibility index (Phi) is 5.67. The third-order valence-corrected chi connectivity index (χ3v) is 3.29. The van der Waals surface area contributed by atoms with Gasteiger partial charge in [-0.1, -0.05) is 17.7 Å². The fraction of sp³-hybridized carbons (Fsp3) is 0.286. The van der Waals surface area contributed by atoms with E-state index in [-0.39, 0.29) is 37.1 Å². The van der Waals surface area contributed by atoms with Gasteiger partial charge in [0, 0.05) is 31.4 Å². The molecular weight excluding hydrogens is 324 g/mol. The van der Waals surface area contributed by atoms with E-state index in [1.807, 2.05) is 0 Å². The van der Waals surface area contributed by atoms with Crippen molar-refractivity contribution in [2.75, 3.05) is 25.2 Å². The number of methoxy groups -OCH3 is 1. The quantitative estimate of drug-likeness (QED) is 0.468. The molecule has 2 heterocycles. The molecule has 0 unspecified atom stereocenters. The molecule has 0 radical (unpaired) electrons. The van der Waals surface area contributed by atoms with Crippen molar-refractivity contribution in [1.29, 1.82) is 0 Å². The number of rotatable bonds is 7. The standard InChI is InChI=1S/C14H15ClN4O4/c1-23-13-5-3-11(19(21)22)14(17-13)18(6-7-20)9-10-2-4-12(15)16-8-10/h2-5,8,20H,6-7,9H2,1H3. The van der Waals surface area contributed by atoms with Crippen LogP contribution in [0.2, 0.25) is 5.15 Å². The van der Waals surface area contributed by atoms with Crippen molar-refractivity contribution >= 4 is 23.1 Å². The molecule has 0 saturated heterocycles. The molecule has 0 fully saturated rings. The van der Waals surface area contributed by atoms with Crippen LogP contribution in [0.5, 0.6) is 5.88 Å². The summed E-state index contributed by atoms with van der Waals surface area (Å²) in [6, 6.07) is 6.13. The first-order valence-corrected chi connectivity index (χ1v) is 7.08. The largest absolute Gasteiger partial charge is 0.481 e. The van der Waals surface area contributed by atoms with E-state index in [1.165, 1.54) is 19.2 Å². The fourth-order valence-electron chi connectivity index (χ4n) is 2.01. The van der Waals surface area contributed by atoms with Crippen molar-refractivity contribution in [2.24, 2.45) is 0 Å². The van der Waals surface area contributed by atoms with Crippen LogP contribution in [0.3, 0.4) is 0 Å². The minimum atomic E-state index is -0.522. The third-order valence-electron chi connectivity index (χ3n) is 3.07. The second-order valence-electron chi connectivity index (χ2n) is 4.59. The lowest BCUT2D eigenvalue weighted by Crippen LogP contribution is -2.28. The van der Waals surface area contributed by atoms with Crippen LogP contribution in [0.15, 0.2) is 30.5 Å². The lowest BCUT2D eigenvalue weighted by atomic mass is 10.2. The molecule has 2 aromatic heterocycles. The number of ether oxygens (including phenoxy) is 1. The molecule has 0 saturated carbocycles. The summed E-state index contributed by atoms with van der Waals surface area (Å²) in [5.41, 5.74) is 0.614. The second kappa shape index (κ2) is 7.70. The van der Waals surface area contributed by atoms with Crippen molar-refractivity contribution in [3.63, 3.8) is 0 Å². The highest BCUT2D eigenvalue weighted by molar-refractivity contribution is 6.29. The summed E-state index contributed by atoms with van der Waals surface area (Å²) in [6.45, 7) is 0.270. The van der Waals surface area contributed by atoms with Crippen LogP contribution in [-0.2, 0) is 6.54 Å². The molecule has 0 aliphatic rings. The summed E-state index contributed by atoms with van der Waals surface area (Å²) in [4.78, 5) is 20.4. The first-order chi connectivity index (χ1) is 11.0. The number of halogens is 1. The minimum absolute atomic E-state index is 0.123. The summed E-state index contributed by atoms with van der Waals surface area (Å²) >= 11 is 5.75. The molecule has 0 bridgehead atoms. The van der Waals surface area contributed by atoms with Gasteiger partial charge in [0.25, 0.3) is 0 Å². The zero-order chi connectivity index (χ0) is 16.8. The maximum atomic E-state index is 11.2. The number of aromatic nitrogens is 2. The van der Waals surface area contributed by atoms with E-state index in [2.05, 4.69) is 9.97 Å². The molecule has 0 amide bonds. The summed E-state index contributed by atoms with van der Waals surface area (Å²) in [5.74, 6) is 0.376. The Balaban J connectivity index is 2.39. The van der Waals surface area contributed by atoms with Crippen LogP contribution >= 0.6 is 11.6 Å². The predicted octanol–water partition coefficient (Wildman–Crippen LogP) is 2.05. The number of nitro groups is 1. The molecule has 0 aliphatic carbocycles. The number of hydrogen-bond donors (Lipinski definition) is 1. The van der Waals surface area contributed by atoms with Gasteiger partial charge >= 0.3 is 5.69 Å². The highest BCUT2D eigenvalue weighted by Gasteiger charge is 2.22. The van der Waals surface area contributed by atoms with Gasteiger partial charge in [-0.2, -0.15) is 4.98 Å². The van der Waals surface area contributed by atoms with Gasteiger partial charge in [0.1, 0.15) is 5.15 Å². The van der Waals surface area contributed by atoms with Gasteiger partial charge < -0.3 is 14.7 Å². The molecule has 2 aromatic rings. The molecular formula is C14H15ClN4O4. The Labute approximate surface area is 137 Å². The Morgan fingerprint density at radius 1 is 1.39 bits per heavy atom. The zero-order valence-corrected chi connectivity index (χ0v) is 13.1. The molecule has 1 N–H and O–H groups in total. The van der Waals surface area contributed by atoms with Crippen LogP contribution in [-0.4, -0.2) is 40.3 Å². The molecule has 23 heavy (non-hydrogen) atoms. The molecule has 2 rings (SSSR count). The average Bonchev–Trinajstić information content (AvgIpc) is 2.55. The van der Waals surface area contributed by atoms with E-state index >= 15 is 0 Å². The monoisotopic (exact) mass is 338 g/mol. The molecule has 0 aliphatic heterocycles. The number of hydrogen-bond acceptors (Lipinski definition) is 7. The Morgan fingerprint density at radius 3 is 2.74 bits per heavy atom. The van der Waals surface area contributed by atoms with Crippen LogP contribution in [0.1, 0.15) is 5.56 Å². The van der Waals surface area contributed by atoms with Crippen LogP contribution in [0.25, 0.3) is 0 Å². The van der Waals surface area contributed by atoms with Gasteiger partial charge in [0.05, 0.1) is 18.6 Å². The molecule has 8 nitrogen and oxygen atoms in total.